The first-order valence-corrected chi connectivity index (χ1v) is 4.75. The van der Waals surface area contributed by atoms with Crippen molar-refractivity contribution in [2.45, 2.75) is 12.4 Å². The highest BCUT2D eigenvalue weighted by atomic mass is 19.4. The third-order valence-corrected chi connectivity index (χ3v) is 3.86. The van der Waals surface area contributed by atoms with E-state index in [-0.39, 0.29) is 0 Å². The Morgan fingerprint density at radius 1 is 1.00 bits per heavy atom. The molecule has 0 amide bonds. The van der Waals surface area contributed by atoms with Crippen molar-refractivity contribution in [2.75, 3.05) is 0 Å². The second kappa shape index (κ2) is 2.33. The fourth-order valence-electron chi connectivity index (χ4n) is 3.33. The Morgan fingerprint density at radius 2 is 1.62 bits per heavy atom. The average Bonchev–Trinajstić information content (AvgIpc) is 2.40. The van der Waals surface area contributed by atoms with Crippen molar-refractivity contribution < 1.29 is 26.3 Å². The summed E-state index contributed by atoms with van der Waals surface area (Å²) in [5, 5.41) is 0. The summed E-state index contributed by atoms with van der Waals surface area (Å²) in [6, 6.07) is 0. The van der Waals surface area contributed by atoms with Crippen molar-refractivity contribution in [2.24, 2.45) is 23.2 Å². The molecule has 88 valence electrons. The summed E-state index contributed by atoms with van der Waals surface area (Å²) in [6.07, 6.45) is -6.25. The van der Waals surface area contributed by atoms with E-state index in [0.717, 1.165) is 6.08 Å². The van der Waals surface area contributed by atoms with Crippen LogP contribution in [0.3, 0.4) is 0 Å². The molecule has 6 heteroatoms. The Morgan fingerprint density at radius 3 is 2.06 bits per heavy atom. The number of fused-ring (bicyclic) bond motifs is 1. The van der Waals surface area contributed by atoms with Crippen LogP contribution in [0.5, 0.6) is 0 Å². The molecular formula is C10H6F6. The van der Waals surface area contributed by atoms with E-state index < -0.39 is 41.1 Å². The van der Waals surface area contributed by atoms with Crippen LogP contribution in [0.15, 0.2) is 23.8 Å². The van der Waals surface area contributed by atoms with Crippen LogP contribution in [0, 0.1) is 23.2 Å². The van der Waals surface area contributed by atoms with Crippen molar-refractivity contribution in [3.05, 3.63) is 23.8 Å². The van der Waals surface area contributed by atoms with E-state index >= 15 is 0 Å². The van der Waals surface area contributed by atoms with Gasteiger partial charge >= 0.3 is 12.4 Å². The van der Waals surface area contributed by atoms with Gasteiger partial charge in [-0.1, -0.05) is 18.2 Å². The fourth-order valence-corrected chi connectivity index (χ4v) is 3.33. The molecule has 0 bridgehead atoms. The van der Waals surface area contributed by atoms with Gasteiger partial charge in [0.05, 0.1) is 0 Å². The molecule has 0 radical (unpaired) electrons. The van der Waals surface area contributed by atoms with Crippen LogP contribution in [-0.2, 0) is 0 Å². The van der Waals surface area contributed by atoms with Crippen molar-refractivity contribution in [3.8, 4) is 0 Å². The van der Waals surface area contributed by atoms with Gasteiger partial charge in [0.15, 0.2) is 0 Å². The molecule has 0 aliphatic heterocycles. The predicted molar refractivity (Wildman–Crippen MR) is 42.2 cm³/mol. The zero-order valence-electron chi connectivity index (χ0n) is 7.73. The van der Waals surface area contributed by atoms with Crippen LogP contribution < -0.4 is 0 Å². The Bertz CT molecular complexity index is 412. The van der Waals surface area contributed by atoms with Crippen molar-refractivity contribution in [1.82, 2.24) is 0 Å². The number of rotatable bonds is 0. The number of alkyl halides is 6. The van der Waals surface area contributed by atoms with Gasteiger partial charge in [-0.25, -0.2) is 0 Å². The van der Waals surface area contributed by atoms with E-state index in [1.165, 1.54) is 12.2 Å². The Labute approximate surface area is 86.6 Å². The number of hydrogen-bond acceptors (Lipinski definition) is 0. The number of hydrogen-bond donors (Lipinski definition) is 0. The molecule has 1 saturated carbocycles. The largest absolute Gasteiger partial charge is 0.413 e. The van der Waals surface area contributed by atoms with Gasteiger partial charge in [-0.3, -0.25) is 0 Å². The van der Waals surface area contributed by atoms with Gasteiger partial charge in [0.1, 0.15) is 5.41 Å². The summed E-state index contributed by atoms with van der Waals surface area (Å²) in [4.78, 5) is 0. The van der Waals surface area contributed by atoms with Gasteiger partial charge in [-0.2, -0.15) is 26.3 Å². The van der Waals surface area contributed by atoms with Crippen molar-refractivity contribution in [3.63, 3.8) is 0 Å². The van der Waals surface area contributed by atoms with E-state index in [9.17, 15) is 26.3 Å². The van der Waals surface area contributed by atoms with Crippen LogP contribution in [-0.4, -0.2) is 12.4 Å². The van der Waals surface area contributed by atoms with E-state index in [2.05, 4.69) is 0 Å². The van der Waals surface area contributed by atoms with E-state index in [1.54, 1.807) is 0 Å². The lowest BCUT2D eigenvalue weighted by Crippen LogP contribution is -2.34. The van der Waals surface area contributed by atoms with Crippen LogP contribution in [0.4, 0.5) is 26.3 Å². The molecule has 4 unspecified atom stereocenters. The molecule has 0 aromatic carbocycles. The van der Waals surface area contributed by atoms with E-state index in [0.29, 0.717) is 0 Å². The smallest absolute Gasteiger partial charge is 0.170 e. The number of halogens is 6. The molecule has 0 heterocycles. The monoisotopic (exact) mass is 240 g/mol. The second-order valence-electron chi connectivity index (χ2n) is 4.46. The third kappa shape index (κ3) is 0.858. The van der Waals surface area contributed by atoms with Gasteiger partial charge in [-0.15, -0.1) is 0 Å². The molecule has 16 heavy (non-hydrogen) atoms. The highest BCUT2D eigenvalue weighted by Crippen LogP contribution is 2.81. The predicted octanol–water partition coefficient (Wildman–Crippen LogP) is 3.47. The summed E-state index contributed by atoms with van der Waals surface area (Å²) >= 11 is 0. The summed E-state index contributed by atoms with van der Waals surface area (Å²) < 4.78 is 76.3. The molecule has 0 aromatic rings. The maximum Gasteiger partial charge on any atom is 0.413 e. The molecule has 0 aromatic heterocycles. The lowest BCUT2D eigenvalue weighted by atomic mass is 9.92. The summed E-state index contributed by atoms with van der Waals surface area (Å²) in [7, 11) is 0. The minimum atomic E-state index is -4.89. The molecule has 0 spiro atoms. The van der Waals surface area contributed by atoms with Crippen LogP contribution in [0.2, 0.25) is 0 Å². The first kappa shape index (κ1) is 10.2. The molecule has 0 nitrogen and oxygen atoms in total. The standard InChI is InChI=1S/C10H6F6/c11-9(12,13)6-3-4-1-2-5-7(4)8(5,6)10(14,15)16/h1-5,7H. The third-order valence-electron chi connectivity index (χ3n) is 3.86. The minimum Gasteiger partial charge on any atom is -0.170 e. The molecule has 3 aliphatic carbocycles. The quantitative estimate of drug-likeness (QED) is 0.449. The van der Waals surface area contributed by atoms with E-state index in [4.69, 9.17) is 0 Å². The molecule has 4 atom stereocenters. The van der Waals surface area contributed by atoms with Gasteiger partial charge in [-0.05, 0) is 11.8 Å². The van der Waals surface area contributed by atoms with Crippen molar-refractivity contribution in [1.29, 1.82) is 0 Å². The first-order chi connectivity index (χ1) is 7.20. The first-order valence-electron chi connectivity index (χ1n) is 4.75. The van der Waals surface area contributed by atoms with Gasteiger partial charge in [0.25, 0.3) is 0 Å². The second-order valence-corrected chi connectivity index (χ2v) is 4.46. The van der Waals surface area contributed by atoms with Gasteiger partial charge in [0, 0.05) is 11.5 Å². The van der Waals surface area contributed by atoms with Crippen LogP contribution >= 0.6 is 0 Å². The topological polar surface area (TPSA) is 0 Å². The van der Waals surface area contributed by atoms with Gasteiger partial charge in [0.2, 0.25) is 0 Å². The molecule has 3 aliphatic rings. The molecule has 0 saturated heterocycles. The summed E-state index contributed by atoms with van der Waals surface area (Å²) in [5.74, 6) is -2.63. The zero-order chi connectivity index (χ0) is 11.9. The fraction of sp³-hybridized carbons (Fsp3) is 0.600. The summed E-state index contributed by atoms with van der Waals surface area (Å²) in [6.45, 7) is 0. The Hall–Kier alpha value is -0.940. The highest BCUT2D eigenvalue weighted by molar-refractivity contribution is 5.50. The Kier molecular flexibility index (Phi) is 1.49. The van der Waals surface area contributed by atoms with Gasteiger partial charge < -0.3 is 0 Å². The molecule has 1 fully saturated rings. The lowest BCUT2D eigenvalue weighted by molar-refractivity contribution is -0.202. The molecule has 3 rings (SSSR count). The maximum absolute atomic E-state index is 12.8. The highest BCUT2D eigenvalue weighted by Gasteiger charge is 2.86. The lowest BCUT2D eigenvalue weighted by Gasteiger charge is -2.24. The minimum absolute atomic E-state index is 0.691. The average molecular weight is 240 g/mol. The maximum atomic E-state index is 12.8. The van der Waals surface area contributed by atoms with E-state index in [1.807, 2.05) is 0 Å². The number of allylic oxidation sites excluding steroid dienone is 4. The molecular weight excluding hydrogens is 234 g/mol. The SMILES string of the molecule is FC(F)(F)C1=CC2C=CC3C2C13C(F)(F)F. The van der Waals surface area contributed by atoms with Crippen LogP contribution in [0.1, 0.15) is 0 Å². The van der Waals surface area contributed by atoms with Crippen molar-refractivity contribution >= 4 is 0 Å². The van der Waals surface area contributed by atoms with Crippen LogP contribution in [0.25, 0.3) is 0 Å². The Balaban J connectivity index is 2.13. The molecule has 0 N–H and O–H groups in total. The normalized spacial score (nSPS) is 44.6. The zero-order valence-corrected chi connectivity index (χ0v) is 7.73. The summed E-state index contributed by atoms with van der Waals surface area (Å²) in [5.41, 5.74) is -4.03.